The average molecular weight is 266 g/mol. The Balaban J connectivity index is 2.01. The highest BCUT2D eigenvalue weighted by Gasteiger charge is 2.07. The molecule has 0 radical (unpaired) electrons. The van der Waals surface area contributed by atoms with Gasteiger partial charge in [0.05, 0.1) is 12.2 Å². The number of ether oxygens (including phenoxy) is 1. The Kier molecular flexibility index (Phi) is 4.72. The van der Waals surface area contributed by atoms with Gasteiger partial charge in [-0.15, -0.1) is 6.58 Å². The Morgan fingerprint density at radius 2 is 1.60 bits per heavy atom. The van der Waals surface area contributed by atoms with Gasteiger partial charge >= 0.3 is 5.97 Å². The third-order valence-corrected chi connectivity index (χ3v) is 2.99. The highest BCUT2D eigenvalue weighted by Crippen LogP contribution is 2.19. The van der Waals surface area contributed by atoms with Crippen LogP contribution in [0.2, 0.25) is 0 Å². The smallest absolute Gasteiger partial charge is 0.338 e. The van der Waals surface area contributed by atoms with Gasteiger partial charge in [0.2, 0.25) is 0 Å². The zero-order valence-corrected chi connectivity index (χ0v) is 11.6. The molecule has 0 fully saturated rings. The summed E-state index contributed by atoms with van der Waals surface area (Å²) in [5, 5.41) is 0. The molecule has 0 aliphatic carbocycles. The van der Waals surface area contributed by atoms with Crippen LogP contribution >= 0.6 is 0 Å². The van der Waals surface area contributed by atoms with Crippen LogP contribution in [0.15, 0.2) is 66.7 Å². The molecular formula is C18H18O2. The zero-order chi connectivity index (χ0) is 14.4. The van der Waals surface area contributed by atoms with Crippen LogP contribution in [0.3, 0.4) is 0 Å². The van der Waals surface area contributed by atoms with Crippen LogP contribution in [-0.2, 0) is 4.74 Å². The number of esters is 1. The number of hydrogen-bond acceptors (Lipinski definition) is 2. The molecule has 0 N–H and O–H groups in total. The molecule has 0 atom stereocenters. The molecule has 0 aliphatic heterocycles. The molecule has 0 saturated carbocycles. The van der Waals surface area contributed by atoms with Crippen molar-refractivity contribution in [3.05, 3.63) is 72.3 Å². The summed E-state index contributed by atoms with van der Waals surface area (Å²) in [5.41, 5.74) is 3.81. The first-order valence-electron chi connectivity index (χ1n) is 6.64. The maximum atomic E-state index is 11.8. The van der Waals surface area contributed by atoms with Crippen molar-refractivity contribution in [2.45, 2.75) is 13.3 Å². The minimum absolute atomic E-state index is 0.286. The summed E-state index contributed by atoms with van der Waals surface area (Å²) in [6.07, 6.45) is 0.702. The van der Waals surface area contributed by atoms with Gasteiger partial charge in [-0.3, -0.25) is 0 Å². The second kappa shape index (κ2) is 6.71. The predicted octanol–water partition coefficient (Wildman–Crippen LogP) is 4.48. The van der Waals surface area contributed by atoms with Crippen LogP contribution < -0.4 is 0 Å². The lowest BCUT2D eigenvalue weighted by atomic mass is 10.0. The van der Waals surface area contributed by atoms with E-state index in [1.807, 2.05) is 49.4 Å². The van der Waals surface area contributed by atoms with Gasteiger partial charge in [-0.2, -0.15) is 0 Å². The van der Waals surface area contributed by atoms with E-state index in [9.17, 15) is 4.79 Å². The van der Waals surface area contributed by atoms with Crippen LogP contribution in [0.25, 0.3) is 11.1 Å². The van der Waals surface area contributed by atoms with E-state index in [-0.39, 0.29) is 5.97 Å². The zero-order valence-electron chi connectivity index (χ0n) is 11.6. The van der Waals surface area contributed by atoms with Gasteiger partial charge in [-0.1, -0.05) is 48.0 Å². The molecule has 2 rings (SSSR count). The molecule has 0 unspecified atom stereocenters. The molecule has 0 spiro atoms. The first-order valence-corrected chi connectivity index (χ1v) is 6.64. The Labute approximate surface area is 119 Å². The summed E-state index contributed by atoms with van der Waals surface area (Å²) in [5.74, 6) is -0.286. The monoisotopic (exact) mass is 266 g/mol. The van der Waals surface area contributed by atoms with E-state index >= 15 is 0 Å². The molecule has 2 nitrogen and oxygen atoms in total. The molecule has 0 heterocycles. The summed E-state index contributed by atoms with van der Waals surface area (Å²) in [6, 6.07) is 17.5. The summed E-state index contributed by atoms with van der Waals surface area (Å²) in [7, 11) is 0. The third kappa shape index (κ3) is 3.82. The van der Waals surface area contributed by atoms with Crippen molar-refractivity contribution in [3.63, 3.8) is 0 Å². The lowest BCUT2D eigenvalue weighted by Crippen LogP contribution is -2.06. The number of carbonyl (C=O) groups excluding carboxylic acids is 1. The molecule has 0 aliphatic rings. The van der Waals surface area contributed by atoms with Crippen LogP contribution in [0.4, 0.5) is 0 Å². The van der Waals surface area contributed by atoms with Crippen molar-refractivity contribution in [2.75, 3.05) is 6.61 Å². The molecule has 0 aromatic heterocycles. The van der Waals surface area contributed by atoms with E-state index in [0.717, 1.165) is 16.7 Å². The number of hydrogen-bond donors (Lipinski definition) is 0. The number of carbonyl (C=O) groups is 1. The quantitative estimate of drug-likeness (QED) is 0.589. The van der Waals surface area contributed by atoms with Crippen LogP contribution in [0.5, 0.6) is 0 Å². The van der Waals surface area contributed by atoms with Crippen molar-refractivity contribution < 1.29 is 9.53 Å². The molecule has 2 heteroatoms. The first-order chi connectivity index (χ1) is 9.66. The van der Waals surface area contributed by atoms with Crippen LogP contribution in [-0.4, -0.2) is 12.6 Å². The topological polar surface area (TPSA) is 26.3 Å². The second-order valence-corrected chi connectivity index (χ2v) is 4.79. The van der Waals surface area contributed by atoms with Crippen molar-refractivity contribution in [1.82, 2.24) is 0 Å². The van der Waals surface area contributed by atoms with Gasteiger partial charge in [0.25, 0.3) is 0 Å². The van der Waals surface area contributed by atoms with Crippen molar-refractivity contribution >= 4 is 5.97 Å². The fourth-order valence-electron chi connectivity index (χ4n) is 1.83. The lowest BCUT2D eigenvalue weighted by Gasteiger charge is -2.06. The number of rotatable bonds is 5. The Bertz CT molecular complexity index is 583. The second-order valence-electron chi connectivity index (χ2n) is 4.79. The van der Waals surface area contributed by atoms with Crippen molar-refractivity contribution in [1.29, 1.82) is 0 Å². The van der Waals surface area contributed by atoms with Crippen molar-refractivity contribution in [2.24, 2.45) is 0 Å². The highest BCUT2D eigenvalue weighted by molar-refractivity contribution is 5.90. The van der Waals surface area contributed by atoms with Crippen LogP contribution in [0.1, 0.15) is 23.7 Å². The maximum Gasteiger partial charge on any atom is 0.338 e. The SMILES string of the molecule is C=C(C)CCOC(=O)c1ccc(-c2ccccc2)cc1. The molecule has 0 bridgehead atoms. The molecule has 2 aromatic rings. The van der Waals surface area contributed by atoms with Gasteiger partial charge in [-0.25, -0.2) is 4.79 Å². The normalized spacial score (nSPS) is 10.1. The van der Waals surface area contributed by atoms with Crippen LogP contribution in [0, 0.1) is 0 Å². The molecule has 102 valence electrons. The van der Waals surface area contributed by atoms with E-state index in [1.54, 1.807) is 12.1 Å². The summed E-state index contributed by atoms with van der Waals surface area (Å²) in [6.45, 7) is 6.08. The molecule has 0 amide bonds. The van der Waals surface area contributed by atoms with E-state index < -0.39 is 0 Å². The van der Waals surface area contributed by atoms with E-state index in [4.69, 9.17) is 4.74 Å². The molecule has 2 aromatic carbocycles. The fraction of sp³-hybridized carbons (Fsp3) is 0.167. The Hall–Kier alpha value is -2.35. The maximum absolute atomic E-state index is 11.8. The fourth-order valence-corrected chi connectivity index (χ4v) is 1.83. The minimum atomic E-state index is -0.286. The van der Waals surface area contributed by atoms with Gasteiger partial charge < -0.3 is 4.74 Å². The average Bonchev–Trinajstić information content (AvgIpc) is 2.48. The minimum Gasteiger partial charge on any atom is -0.462 e. The van der Waals surface area contributed by atoms with Gasteiger partial charge in [0.1, 0.15) is 0 Å². The summed E-state index contributed by atoms with van der Waals surface area (Å²) < 4.78 is 5.18. The van der Waals surface area contributed by atoms with E-state index in [1.165, 1.54) is 0 Å². The highest BCUT2D eigenvalue weighted by atomic mass is 16.5. The Morgan fingerprint density at radius 1 is 1.00 bits per heavy atom. The molecule has 0 saturated heterocycles. The largest absolute Gasteiger partial charge is 0.462 e. The van der Waals surface area contributed by atoms with Gasteiger partial charge in [0.15, 0.2) is 0 Å². The third-order valence-electron chi connectivity index (χ3n) is 2.99. The molecule has 20 heavy (non-hydrogen) atoms. The molecular weight excluding hydrogens is 248 g/mol. The number of benzene rings is 2. The Morgan fingerprint density at radius 3 is 2.20 bits per heavy atom. The first kappa shape index (κ1) is 14.1. The predicted molar refractivity (Wildman–Crippen MR) is 81.6 cm³/mol. The summed E-state index contributed by atoms with van der Waals surface area (Å²) in [4.78, 5) is 11.8. The van der Waals surface area contributed by atoms with E-state index in [0.29, 0.717) is 18.6 Å². The summed E-state index contributed by atoms with van der Waals surface area (Å²) >= 11 is 0. The van der Waals surface area contributed by atoms with Gasteiger partial charge in [-0.05, 0) is 30.2 Å². The van der Waals surface area contributed by atoms with Crippen molar-refractivity contribution in [3.8, 4) is 11.1 Å². The van der Waals surface area contributed by atoms with Gasteiger partial charge in [0, 0.05) is 6.42 Å². The lowest BCUT2D eigenvalue weighted by molar-refractivity contribution is 0.0509. The standard InChI is InChI=1S/C18H18O2/c1-14(2)12-13-20-18(19)17-10-8-16(9-11-17)15-6-4-3-5-7-15/h3-11H,1,12-13H2,2H3. The van der Waals surface area contributed by atoms with E-state index in [2.05, 4.69) is 6.58 Å².